The molecule has 39 heavy (non-hydrogen) atoms. The number of nitro benzene ring substituents is 1. The van der Waals surface area contributed by atoms with Gasteiger partial charge in [0.25, 0.3) is 11.6 Å². The number of hydrogen-bond donors (Lipinski definition) is 1. The van der Waals surface area contributed by atoms with Crippen molar-refractivity contribution in [1.29, 1.82) is 0 Å². The lowest BCUT2D eigenvalue weighted by atomic mass is 9.87. The highest BCUT2D eigenvalue weighted by Gasteiger charge is 2.23. The second kappa shape index (κ2) is 11.9. The summed E-state index contributed by atoms with van der Waals surface area (Å²) in [7, 11) is -3.07. The monoisotopic (exact) mass is 555 g/mol. The van der Waals surface area contributed by atoms with E-state index in [-0.39, 0.29) is 34.1 Å². The van der Waals surface area contributed by atoms with Crippen LogP contribution in [0.5, 0.6) is 17.2 Å². The largest absolute Gasteiger partial charge is 0.493 e. The van der Waals surface area contributed by atoms with Gasteiger partial charge in [0, 0.05) is 11.6 Å². The van der Waals surface area contributed by atoms with Gasteiger partial charge in [0.2, 0.25) is 0 Å². The molecule has 0 spiro atoms. The molecule has 12 heteroatoms. The van der Waals surface area contributed by atoms with Gasteiger partial charge in [-0.15, -0.1) is 0 Å². The number of carbonyl (C=O) groups excluding carboxylic acids is 1. The van der Waals surface area contributed by atoms with Crippen molar-refractivity contribution in [2.45, 2.75) is 38.0 Å². The van der Waals surface area contributed by atoms with Crippen molar-refractivity contribution >= 4 is 27.9 Å². The van der Waals surface area contributed by atoms with Crippen LogP contribution < -0.4 is 19.1 Å². The highest BCUT2D eigenvalue weighted by Crippen LogP contribution is 2.31. The third-order valence-electron chi connectivity index (χ3n) is 5.55. The van der Waals surface area contributed by atoms with Crippen molar-refractivity contribution in [3.8, 4) is 17.2 Å². The quantitative estimate of drug-likeness (QED) is 0.166. The fourth-order valence-corrected chi connectivity index (χ4v) is 4.31. The SMILES string of the molecule is COc1cc(/C=N/NC(=O)COc2ccc(C(C)(C)C)cc2)ccc1OS(=O)(=O)c1ccc(C)c([N+](=O)[O-])c1. The normalized spacial score (nSPS) is 11.7. The standard InChI is InChI=1S/C27H29N3O8S/c1-18-6-12-22(15-23(18)30(32)33)39(34,35)38-24-13-7-19(14-25(24)36-5)16-28-29-26(31)17-37-21-10-8-20(9-11-21)27(2,3)4/h6-16H,17H2,1-5H3,(H,29,31)/b28-16+. The Hall–Kier alpha value is -4.45. The van der Waals surface area contributed by atoms with Crippen LogP contribution in [0.2, 0.25) is 0 Å². The Kier molecular flexibility index (Phi) is 8.92. The average molecular weight is 556 g/mol. The van der Waals surface area contributed by atoms with Crippen LogP contribution in [0.15, 0.2) is 70.7 Å². The van der Waals surface area contributed by atoms with Gasteiger partial charge in [-0.25, -0.2) is 5.43 Å². The molecule has 0 unspecified atom stereocenters. The molecule has 0 aliphatic heterocycles. The van der Waals surface area contributed by atoms with Gasteiger partial charge < -0.3 is 13.7 Å². The van der Waals surface area contributed by atoms with Crippen LogP contribution in [-0.2, 0) is 20.3 Å². The number of benzene rings is 3. The molecule has 0 atom stereocenters. The lowest BCUT2D eigenvalue weighted by Crippen LogP contribution is -2.24. The summed E-state index contributed by atoms with van der Waals surface area (Å²) in [6.07, 6.45) is 1.33. The molecular formula is C27H29N3O8S. The van der Waals surface area contributed by atoms with E-state index in [0.717, 1.165) is 11.6 Å². The molecule has 0 aliphatic rings. The molecule has 0 saturated heterocycles. The minimum Gasteiger partial charge on any atom is -0.493 e. The van der Waals surface area contributed by atoms with Crippen molar-refractivity contribution in [1.82, 2.24) is 5.43 Å². The van der Waals surface area contributed by atoms with Crippen molar-refractivity contribution in [3.05, 3.63) is 87.5 Å². The molecule has 0 aromatic heterocycles. The molecule has 206 valence electrons. The number of nitrogens with zero attached hydrogens (tertiary/aromatic N) is 2. The molecule has 3 aromatic rings. The van der Waals surface area contributed by atoms with Crippen LogP contribution in [0.25, 0.3) is 0 Å². The van der Waals surface area contributed by atoms with Crippen LogP contribution in [0.4, 0.5) is 5.69 Å². The Labute approximate surface area is 226 Å². The number of ether oxygens (including phenoxy) is 2. The minimum atomic E-state index is -4.39. The summed E-state index contributed by atoms with van der Waals surface area (Å²) >= 11 is 0. The van der Waals surface area contributed by atoms with Crippen LogP contribution in [-0.4, -0.2) is 39.2 Å². The number of carbonyl (C=O) groups is 1. The minimum absolute atomic E-state index is 0.0101. The number of hydrazone groups is 1. The van der Waals surface area contributed by atoms with Crippen molar-refractivity contribution < 1.29 is 31.8 Å². The summed E-state index contributed by atoms with van der Waals surface area (Å²) in [6.45, 7) is 7.57. The summed E-state index contributed by atoms with van der Waals surface area (Å²) in [4.78, 5) is 22.2. The molecule has 0 saturated carbocycles. The fraction of sp³-hybridized carbons (Fsp3) is 0.259. The summed E-state index contributed by atoms with van der Waals surface area (Å²) in [5, 5.41) is 15.1. The number of amides is 1. The first kappa shape index (κ1) is 29.1. The summed E-state index contributed by atoms with van der Waals surface area (Å²) in [5.74, 6) is 0.0132. The summed E-state index contributed by atoms with van der Waals surface area (Å²) in [5.41, 5.74) is 3.95. The van der Waals surface area contributed by atoms with Gasteiger partial charge in [-0.05, 0) is 59.9 Å². The predicted molar refractivity (Wildman–Crippen MR) is 145 cm³/mol. The van der Waals surface area contributed by atoms with E-state index in [2.05, 4.69) is 31.3 Å². The molecule has 11 nitrogen and oxygen atoms in total. The topological polar surface area (TPSA) is 146 Å². The molecule has 1 amide bonds. The van der Waals surface area contributed by atoms with E-state index < -0.39 is 20.9 Å². The van der Waals surface area contributed by atoms with E-state index in [1.54, 1.807) is 12.1 Å². The molecule has 0 bridgehead atoms. The van der Waals surface area contributed by atoms with Gasteiger partial charge in [0.05, 0.1) is 18.2 Å². The third kappa shape index (κ3) is 7.77. The van der Waals surface area contributed by atoms with E-state index in [1.165, 1.54) is 50.6 Å². The zero-order valence-electron chi connectivity index (χ0n) is 22.1. The Bertz CT molecular complexity index is 1490. The third-order valence-corrected chi connectivity index (χ3v) is 6.78. The second-order valence-electron chi connectivity index (χ2n) is 9.51. The van der Waals surface area contributed by atoms with Crippen molar-refractivity contribution in [3.63, 3.8) is 0 Å². The van der Waals surface area contributed by atoms with Crippen LogP contribution >= 0.6 is 0 Å². The van der Waals surface area contributed by atoms with Gasteiger partial charge in [-0.2, -0.15) is 13.5 Å². The van der Waals surface area contributed by atoms with Crippen molar-refractivity contribution in [2.24, 2.45) is 5.10 Å². The highest BCUT2D eigenvalue weighted by atomic mass is 32.2. The molecule has 3 aromatic carbocycles. The average Bonchev–Trinajstić information content (AvgIpc) is 2.87. The van der Waals surface area contributed by atoms with Gasteiger partial charge in [-0.3, -0.25) is 14.9 Å². The van der Waals surface area contributed by atoms with Gasteiger partial charge >= 0.3 is 10.1 Å². The van der Waals surface area contributed by atoms with Gasteiger partial charge in [0.15, 0.2) is 18.1 Å². The zero-order valence-corrected chi connectivity index (χ0v) is 22.9. The van der Waals surface area contributed by atoms with Gasteiger partial charge in [0.1, 0.15) is 10.6 Å². The summed E-state index contributed by atoms with van der Waals surface area (Å²) in [6, 6.07) is 15.3. The fourth-order valence-electron chi connectivity index (χ4n) is 3.35. The van der Waals surface area contributed by atoms with E-state index in [0.29, 0.717) is 16.9 Å². The summed E-state index contributed by atoms with van der Waals surface area (Å²) < 4.78 is 41.3. The Morgan fingerprint density at radius 2 is 1.74 bits per heavy atom. The zero-order chi connectivity index (χ0) is 28.8. The van der Waals surface area contributed by atoms with E-state index in [9.17, 15) is 23.3 Å². The van der Waals surface area contributed by atoms with Gasteiger partial charge in [-0.1, -0.05) is 39.0 Å². The maximum atomic E-state index is 12.7. The van der Waals surface area contributed by atoms with Crippen LogP contribution in [0, 0.1) is 17.0 Å². The maximum absolute atomic E-state index is 12.7. The number of aryl methyl sites for hydroxylation is 1. The molecule has 0 heterocycles. The lowest BCUT2D eigenvalue weighted by molar-refractivity contribution is -0.385. The molecule has 1 N–H and O–H groups in total. The Balaban J connectivity index is 1.62. The Morgan fingerprint density at radius 1 is 1.05 bits per heavy atom. The number of rotatable bonds is 10. The smallest absolute Gasteiger partial charge is 0.339 e. The number of nitrogens with one attached hydrogen (secondary N) is 1. The maximum Gasteiger partial charge on any atom is 0.339 e. The van der Waals surface area contributed by atoms with E-state index in [1.807, 2.05) is 12.1 Å². The molecule has 0 aliphatic carbocycles. The van der Waals surface area contributed by atoms with Crippen LogP contribution in [0.1, 0.15) is 37.5 Å². The Morgan fingerprint density at radius 3 is 2.36 bits per heavy atom. The first-order valence-electron chi connectivity index (χ1n) is 11.7. The lowest BCUT2D eigenvalue weighted by Gasteiger charge is -2.19. The molecule has 0 fully saturated rings. The first-order chi connectivity index (χ1) is 18.3. The van der Waals surface area contributed by atoms with E-state index in [4.69, 9.17) is 13.7 Å². The second-order valence-corrected chi connectivity index (χ2v) is 11.1. The molecule has 3 rings (SSSR count). The van der Waals surface area contributed by atoms with E-state index >= 15 is 0 Å². The first-order valence-corrected chi connectivity index (χ1v) is 13.1. The number of nitro groups is 1. The number of hydrogen-bond acceptors (Lipinski definition) is 9. The predicted octanol–water partition coefficient (Wildman–Crippen LogP) is 4.51. The van der Waals surface area contributed by atoms with Crippen molar-refractivity contribution in [2.75, 3.05) is 13.7 Å². The molecule has 0 radical (unpaired) electrons. The highest BCUT2D eigenvalue weighted by molar-refractivity contribution is 7.87. The van der Waals surface area contributed by atoms with Crippen LogP contribution in [0.3, 0.4) is 0 Å². The molecular weight excluding hydrogens is 526 g/mol. The number of methoxy groups -OCH3 is 1.